The van der Waals surface area contributed by atoms with E-state index in [9.17, 15) is 4.79 Å². The van der Waals surface area contributed by atoms with Gasteiger partial charge < -0.3 is 9.64 Å². The zero-order valence-corrected chi connectivity index (χ0v) is 17.7. The predicted molar refractivity (Wildman–Crippen MR) is 114 cm³/mol. The number of likely N-dealkylation sites (tertiary alicyclic amines) is 1. The smallest absolute Gasteiger partial charge is 0.176 e. The second kappa shape index (κ2) is 10.9. The molecule has 156 valence electrons. The molecule has 2 aliphatic rings. The van der Waals surface area contributed by atoms with E-state index >= 15 is 0 Å². The molecule has 0 aromatic heterocycles. The molecule has 5 nitrogen and oxygen atoms in total. The summed E-state index contributed by atoms with van der Waals surface area (Å²) in [5.74, 6) is 1.08. The highest BCUT2D eigenvalue weighted by Gasteiger charge is 2.18. The Bertz CT molecular complexity index is 588. The third-order valence-electron chi connectivity index (χ3n) is 6.02. The van der Waals surface area contributed by atoms with Crippen LogP contribution < -0.4 is 4.74 Å². The van der Waals surface area contributed by atoms with Gasteiger partial charge in [0.1, 0.15) is 5.75 Å². The maximum Gasteiger partial charge on any atom is 0.176 e. The summed E-state index contributed by atoms with van der Waals surface area (Å²) in [4.78, 5) is 19.8. The van der Waals surface area contributed by atoms with Crippen molar-refractivity contribution in [2.24, 2.45) is 0 Å². The van der Waals surface area contributed by atoms with Gasteiger partial charge in [-0.25, -0.2) is 0 Å². The van der Waals surface area contributed by atoms with Crippen molar-refractivity contribution in [3.8, 4) is 5.75 Å². The summed E-state index contributed by atoms with van der Waals surface area (Å²) in [6, 6.07) is 8.34. The third kappa shape index (κ3) is 6.57. The van der Waals surface area contributed by atoms with Crippen LogP contribution in [0.1, 0.15) is 49.9 Å². The highest BCUT2D eigenvalue weighted by Crippen LogP contribution is 2.15. The minimum Gasteiger partial charge on any atom is -0.494 e. The topological polar surface area (TPSA) is 36.0 Å². The van der Waals surface area contributed by atoms with Gasteiger partial charge in [-0.15, -0.1) is 0 Å². The standard InChI is InChI=1S/C23H37N3O2/c1-20(2)26-16-14-24(15-17-26)13-6-18-28-22-9-7-21(8-10-22)23(27)19-25-11-4-3-5-12-25/h7-10,20H,3-6,11-19H2,1-2H3. The molecule has 2 fully saturated rings. The molecule has 28 heavy (non-hydrogen) atoms. The zero-order valence-electron chi connectivity index (χ0n) is 17.7. The van der Waals surface area contributed by atoms with Gasteiger partial charge in [0, 0.05) is 44.3 Å². The van der Waals surface area contributed by atoms with Gasteiger partial charge in [0.2, 0.25) is 0 Å². The van der Waals surface area contributed by atoms with Gasteiger partial charge in [-0.1, -0.05) is 6.42 Å². The number of benzene rings is 1. The molecule has 1 aromatic carbocycles. The molecule has 0 radical (unpaired) electrons. The van der Waals surface area contributed by atoms with Gasteiger partial charge in [-0.3, -0.25) is 14.6 Å². The monoisotopic (exact) mass is 387 g/mol. The van der Waals surface area contributed by atoms with Crippen LogP contribution in [0.4, 0.5) is 0 Å². The van der Waals surface area contributed by atoms with Crippen molar-refractivity contribution in [3.05, 3.63) is 29.8 Å². The first-order valence-electron chi connectivity index (χ1n) is 11.1. The lowest BCUT2D eigenvalue weighted by Crippen LogP contribution is -2.49. The van der Waals surface area contributed by atoms with Crippen molar-refractivity contribution >= 4 is 5.78 Å². The lowest BCUT2D eigenvalue weighted by Gasteiger charge is -2.36. The van der Waals surface area contributed by atoms with E-state index in [1.165, 1.54) is 32.4 Å². The Morgan fingerprint density at radius 3 is 2.25 bits per heavy atom. The zero-order chi connectivity index (χ0) is 19.8. The molecular formula is C23H37N3O2. The Hall–Kier alpha value is -1.43. The van der Waals surface area contributed by atoms with E-state index in [-0.39, 0.29) is 5.78 Å². The lowest BCUT2D eigenvalue weighted by atomic mass is 10.1. The second-order valence-electron chi connectivity index (χ2n) is 8.46. The first kappa shape index (κ1) is 21.3. The molecule has 0 aliphatic carbocycles. The molecule has 0 amide bonds. The average Bonchev–Trinajstić information content (AvgIpc) is 2.72. The van der Waals surface area contributed by atoms with E-state index < -0.39 is 0 Å². The number of rotatable bonds is 9. The number of ketones is 1. The molecule has 0 N–H and O–H groups in total. The van der Waals surface area contributed by atoms with Crippen LogP contribution in [-0.2, 0) is 0 Å². The SMILES string of the molecule is CC(C)N1CCN(CCCOc2ccc(C(=O)CN3CCCCC3)cc2)CC1. The van der Waals surface area contributed by atoms with Crippen molar-refractivity contribution in [2.45, 2.75) is 45.6 Å². The first-order chi connectivity index (χ1) is 13.6. The van der Waals surface area contributed by atoms with E-state index in [0.717, 1.165) is 57.1 Å². The second-order valence-corrected chi connectivity index (χ2v) is 8.46. The van der Waals surface area contributed by atoms with Crippen LogP contribution in [0.3, 0.4) is 0 Å². The number of Topliss-reactive ketones (excluding diaryl/α,β-unsaturated/α-hetero) is 1. The molecule has 0 bridgehead atoms. The van der Waals surface area contributed by atoms with E-state index in [2.05, 4.69) is 28.5 Å². The molecule has 2 saturated heterocycles. The number of piperidine rings is 1. The van der Waals surface area contributed by atoms with Crippen molar-refractivity contribution in [1.29, 1.82) is 0 Å². The number of piperazine rings is 1. The summed E-state index contributed by atoms with van der Waals surface area (Å²) in [5, 5.41) is 0. The van der Waals surface area contributed by atoms with Crippen LogP contribution >= 0.6 is 0 Å². The molecule has 2 heterocycles. The largest absolute Gasteiger partial charge is 0.494 e. The highest BCUT2D eigenvalue weighted by atomic mass is 16.5. The van der Waals surface area contributed by atoms with Crippen LogP contribution in [-0.4, -0.2) is 85.5 Å². The molecule has 1 aromatic rings. The number of carbonyl (C=O) groups is 1. The molecule has 2 aliphatic heterocycles. The van der Waals surface area contributed by atoms with Crippen LogP contribution in [0.5, 0.6) is 5.75 Å². The molecule has 0 spiro atoms. The molecule has 0 unspecified atom stereocenters. The fourth-order valence-electron chi connectivity index (χ4n) is 4.13. The van der Waals surface area contributed by atoms with Crippen LogP contribution in [0.15, 0.2) is 24.3 Å². The molecule has 0 saturated carbocycles. The van der Waals surface area contributed by atoms with Crippen molar-refractivity contribution < 1.29 is 9.53 Å². The minimum absolute atomic E-state index is 0.217. The Balaban J connectivity index is 1.32. The summed E-state index contributed by atoms with van der Waals surface area (Å²) in [7, 11) is 0. The molecule has 3 rings (SSSR count). The third-order valence-corrected chi connectivity index (χ3v) is 6.02. The summed E-state index contributed by atoms with van der Waals surface area (Å²) in [6.45, 7) is 13.7. The van der Waals surface area contributed by atoms with Crippen LogP contribution in [0.2, 0.25) is 0 Å². The number of hydrogen-bond donors (Lipinski definition) is 0. The van der Waals surface area contributed by atoms with Crippen molar-refractivity contribution in [1.82, 2.24) is 14.7 Å². The summed E-state index contributed by atoms with van der Waals surface area (Å²) >= 11 is 0. The number of hydrogen-bond acceptors (Lipinski definition) is 5. The van der Waals surface area contributed by atoms with Gasteiger partial charge in [0.15, 0.2) is 5.78 Å². The lowest BCUT2D eigenvalue weighted by molar-refractivity contribution is 0.0915. The van der Waals surface area contributed by atoms with Crippen LogP contribution in [0, 0.1) is 0 Å². The summed E-state index contributed by atoms with van der Waals surface area (Å²) in [5.41, 5.74) is 0.793. The fourth-order valence-corrected chi connectivity index (χ4v) is 4.13. The predicted octanol–water partition coefficient (Wildman–Crippen LogP) is 3.15. The minimum atomic E-state index is 0.217. The van der Waals surface area contributed by atoms with Gasteiger partial charge in [-0.2, -0.15) is 0 Å². The van der Waals surface area contributed by atoms with Gasteiger partial charge in [0.05, 0.1) is 13.2 Å². The highest BCUT2D eigenvalue weighted by molar-refractivity contribution is 5.97. The van der Waals surface area contributed by atoms with Gasteiger partial charge >= 0.3 is 0 Å². The molecule has 5 heteroatoms. The van der Waals surface area contributed by atoms with Crippen molar-refractivity contribution in [2.75, 3.05) is 59.0 Å². The fraction of sp³-hybridized carbons (Fsp3) is 0.696. The maximum absolute atomic E-state index is 12.4. The quantitative estimate of drug-likeness (QED) is 0.481. The normalized spacial score (nSPS) is 19.8. The van der Waals surface area contributed by atoms with E-state index in [0.29, 0.717) is 12.6 Å². The Labute approximate surface area is 170 Å². The average molecular weight is 388 g/mol. The van der Waals surface area contributed by atoms with Crippen molar-refractivity contribution in [3.63, 3.8) is 0 Å². The van der Waals surface area contributed by atoms with E-state index in [4.69, 9.17) is 4.74 Å². The maximum atomic E-state index is 12.4. The molecular weight excluding hydrogens is 350 g/mol. The Morgan fingerprint density at radius 2 is 1.61 bits per heavy atom. The van der Waals surface area contributed by atoms with Gasteiger partial charge in [-0.05, 0) is 70.5 Å². The summed E-state index contributed by atoms with van der Waals surface area (Å²) in [6.07, 6.45) is 4.77. The number of ether oxygens (including phenoxy) is 1. The number of carbonyl (C=O) groups excluding carboxylic acids is 1. The van der Waals surface area contributed by atoms with Gasteiger partial charge in [0.25, 0.3) is 0 Å². The van der Waals surface area contributed by atoms with Crippen LogP contribution in [0.25, 0.3) is 0 Å². The summed E-state index contributed by atoms with van der Waals surface area (Å²) < 4.78 is 5.88. The molecule has 0 atom stereocenters. The first-order valence-corrected chi connectivity index (χ1v) is 11.1. The number of nitrogens with zero attached hydrogens (tertiary/aromatic N) is 3. The van der Waals surface area contributed by atoms with E-state index in [1.54, 1.807) is 0 Å². The van der Waals surface area contributed by atoms with E-state index in [1.807, 2.05) is 24.3 Å². The Morgan fingerprint density at radius 1 is 0.929 bits per heavy atom. The Kier molecular flexibility index (Phi) is 8.31.